The van der Waals surface area contributed by atoms with E-state index in [-0.39, 0.29) is 11.8 Å². The quantitative estimate of drug-likeness (QED) is 0.192. The van der Waals surface area contributed by atoms with Crippen molar-refractivity contribution in [3.8, 4) is 0 Å². The number of nitrogens with one attached hydrogen (secondary N) is 3. The summed E-state index contributed by atoms with van der Waals surface area (Å²) in [6.45, 7) is 11.5. The second-order valence-corrected chi connectivity index (χ2v) is 14.1. The minimum atomic E-state index is -0.985. The van der Waals surface area contributed by atoms with E-state index in [1.54, 1.807) is 0 Å². The van der Waals surface area contributed by atoms with Gasteiger partial charge in [-0.2, -0.15) is 0 Å². The van der Waals surface area contributed by atoms with Gasteiger partial charge >= 0.3 is 0 Å². The van der Waals surface area contributed by atoms with Gasteiger partial charge in [0, 0.05) is 24.3 Å². The van der Waals surface area contributed by atoms with Crippen LogP contribution in [0.2, 0.25) is 0 Å². The molecular formula is C36H42N3O2P. The van der Waals surface area contributed by atoms with Gasteiger partial charge in [0.2, 0.25) is 5.91 Å². The molecule has 0 aliphatic heterocycles. The van der Waals surface area contributed by atoms with E-state index in [1.807, 2.05) is 106 Å². The largest absolute Gasteiger partial charge is 0.385 e. The van der Waals surface area contributed by atoms with Crippen molar-refractivity contribution < 1.29 is 9.59 Å². The fourth-order valence-electron chi connectivity index (χ4n) is 4.77. The summed E-state index contributed by atoms with van der Waals surface area (Å²) in [5.41, 5.74) is 2.09. The highest BCUT2D eigenvalue weighted by atomic mass is 31.1. The Labute approximate surface area is 251 Å². The maximum absolute atomic E-state index is 14.0. The third kappa shape index (κ3) is 8.08. The molecule has 42 heavy (non-hydrogen) atoms. The summed E-state index contributed by atoms with van der Waals surface area (Å²) in [4.78, 5) is 27.6. The molecule has 0 saturated carbocycles. The van der Waals surface area contributed by atoms with Gasteiger partial charge in [-0.05, 0) is 52.9 Å². The number of carbonyl (C=O) groups excluding carboxylic acids is 2. The van der Waals surface area contributed by atoms with Gasteiger partial charge in [0.25, 0.3) is 5.91 Å². The number of hydrogen-bond acceptors (Lipinski definition) is 3. The molecule has 0 spiro atoms. The molecule has 1 atom stereocenters. The summed E-state index contributed by atoms with van der Waals surface area (Å²) in [6, 6.07) is 35.7. The lowest BCUT2D eigenvalue weighted by molar-refractivity contribution is -0.125. The topological polar surface area (TPSA) is 70.2 Å². The Kier molecular flexibility index (Phi) is 10.5. The Balaban J connectivity index is 1.59. The van der Waals surface area contributed by atoms with Crippen LogP contribution in [0, 0.1) is 11.3 Å². The van der Waals surface area contributed by atoms with Gasteiger partial charge in [0.05, 0.1) is 0 Å². The van der Waals surface area contributed by atoms with Crippen LogP contribution < -0.4 is 31.9 Å². The molecule has 0 heterocycles. The molecule has 6 heteroatoms. The Bertz CT molecular complexity index is 1430. The maximum atomic E-state index is 14.0. The van der Waals surface area contributed by atoms with Crippen molar-refractivity contribution >= 4 is 41.3 Å². The van der Waals surface area contributed by atoms with E-state index < -0.39 is 19.4 Å². The summed E-state index contributed by atoms with van der Waals surface area (Å²) in [5.74, 6) is 0.0419. The van der Waals surface area contributed by atoms with Crippen molar-refractivity contribution in [2.24, 2.45) is 11.3 Å². The molecule has 4 aromatic rings. The highest BCUT2D eigenvalue weighted by molar-refractivity contribution is 7.80. The van der Waals surface area contributed by atoms with Crippen molar-refractivity contribution in [2.45, 2.75) is 47.2 Å². The number of hydrogen-bond donors (Lipinski definition) is 3. The number of anilines is 1. The first-order valence-electron chi connectivity index (χ1n) is 14.5. The molecule has 0 radical (unpaired) electrons. The number of benzene rings is 4. The van der Waals surface area contributed by atoms with Crippen LogP contribution >= 0.6 is 7.92 Å². The number of amides is 2. The van der Waals surface area contributed by atoms with Crippen molar-refractivity contribution in [3.05, 3.63) is 120 Å². The third-order valence-electron chi connectivity index (χ3n) is 6.99. The normalized spacial score (nSPS) is 12.2. The highest BCUT2D eigenvalue weighted by Gasteiger charge is 2.34. The predicted octanol–water partition coefficient (Wildman–Crippen LogP) is 5.97. The lowest BCUT2D eigenvalue weighted by Crippen LogP contribution is -2.54. The van der Waals surface area contributed by atoms with Gasteiger partial charge in [0.1, 0.15) is 6.04 Å². The molecule has 4 rings (SSSR count). The number of para-hydroxylation sites is 1. The molecule has 3 N–H and O–H groups in total. The zero-order valence-corrected chi connectivity index (χ0v) is 26.1. The van der Waals surface area contributed by atoms with E-state index in [0.717, 1.165) is 33.7 Å². The molecule has 0 aliphatic carbocycles. The third-order valence-corrected chi connectivity index (χ3v) is 9.49. The summed E-state index contributed by atoms with van der Waals surface area (Å²) in [7, 11) is -0.985. The zero-order valence-electron chi connectivity index (χ0n) is 25.2. The number of carbonyl (C=O) groups is 2. The van der Waals surface area contributed by atoms with Crippen molar-refractivity contribution in [1.29, 1.82) is 0 Å². The molecule has 0 saturated heterocycles. The van der Waals surface area contributed by atoms with E-state index in [9.17, 15) is 9.59 Å². The Morgan fingerprint density at radius 2 is 1.29 bits per heavy atom. The summed E-state index contributed by atoms with van der Waals surface area (Å²) >= 11 is 0. The smallest absolute Gasteiger partial charge is 0.252 e. The second kappa shape index (κ2) is 14.3. The van der Waals surface area contributed by atoms with Crippen LogP contribution in [0.25, 0.3) is 0 Å². The molecule has 2 amide bonds. The maximum Gasteiger partial charge on any atom is 0.252 e. The van der Waals surface area contributed by atoms with E-state index in [1.165, 1.54) is 0 Å². The van der Waals surface area contributed by atoms with Crippen LogP contribution in [0.15, 0.2) is 109 Å². The molecule has 0 aromatic heterocycles. The first-order valence-corrected chi connectivity index (χ1v) is 15.9. The number of rotatable bonds is 11. The Hall–Kier alpha value is -3.95. The minimum Gasteiger partial charge on any atom is -0.385 e. The summed E-state index contributed by atoms with van der Waals surface area (Å²) in [5, 5.41) is 13.0. The molecule has 0 aliphatic rings. The molecule has 0 bridgehead atoms. The van der Waals surface area contributed by atoms with E-state index >= 15 is 0 Å². The van der Waals surface area contributed by atoms with Gasteiger partial charge < -0.3 is 16.0 Å². The zero-order chi connectivity index (χ0) is 30.1. The van der Waals surface area contributed by atoms with E-state index in [4.69, 9.17) is 0 Å². The first kappa shape index (κ1) is 31.0. The van der Waals surface area contributed by atoms with Gasteiger partial charge in [-0.1, -0.05) is 132 Å². The average Bonchev–Trinajstić information content (AvgIpc) is 2.99. The Morgan fingerprint density at radius 3 is 1.88 bits per heavy atom. The van der Waals surface area contributed by atoms with E-state index in [0.29, 0.717) is 18.0 Å². The van der Waals surface area contributed by atoms with Gasteiger partial charge in [-0.15, -0.1) is 0 Å². The molecule has 0 fully saturated rings. The van der Waals surface area contributed by atoms with Crippen LogP contribution in [-0.2, 0) is 11.3 Å². The van der Waals surface area contributed by atoms with Crippen LogP contribution in [0.5, 0.6) is 0 Å². The van der Waals surface area contributed by atoms with Gasteiger partial charge in [0.15, 0.2) is 0 Å². The molecule has 0 unspecified atom stereocenters. The van der Waals surface area contributed by atoms with Crippen molar-refractivity contribution in [3.63, 3.8) is 0 Å². The van der Waals surface area contributed by atoms with Crippen molar-refractivity contribution in [1.82, 2.24) is 10.6 Å². The van der Waals surface area contributed by atoms with Crippen LogP contribution in [0.4, 0.5) is 5.69 Å². The molecular weight excluding hydrogens is 537 g/mol. The van der Waals surface area contributed by atoms with Crippen LogP contribution in [-0.4, -0.2) is 24.4 Å². The fourth-order valence-corrected chi connectivity index (χ4v) is 7.22. The molecule has 218 valence electrons. The monoisotopic (exact) mass is 579 g/mol. The lowest BCUT2D eigenvalue weighted by Gasteiger charge is -2.31. The second-order valence-electron chi connectivity index (χ2n) is 11.9. The summed E-state index contributed by atoms with van der Waals surface area (Å²) in [6.07, 6.45) is 0. The fraction of sp³-hybridized carbons (Fsp3) is 0.278. The SMILES string of the molecule is CC(C)CNc1ccccc1CNC(=O)[C@@H](NC(=O)c1ccccc1P(c1ccccc1)c1ccccc1)C(C)(C)C. The van der Waals surface area contributed by atoms with E-state index in [2.05, 4.69) is 54.1 Å². The average molecular weight is 580 g/mol. The van der Waals surface area contributed by atoms with Gasteiger partial charge in [-0.25, -0.2) is 0 Å². The molecule has 4 aromatic carbocycles. The van der Waals surface area contributed by atoms with Crippen molar-refractivity contribution in [2.75, 3.05) is 11.9 Å². The highest BCUT2D eigenvalue weighted by Crippen LogP contribution is 2.34. The van der Waals surface area contributed by atoms with Crippen LogP contribution in [0.1, 0.15) is 50.5 Å². The van der Waals surface area contributed by atoms with Crippen LogP contribution in [0.3, 0.4) is 0 Å². The minimum absolute atomic E-state index is 0.208. The standard InChI is InChI=1S/C36H42N3O2P/c1-26(2)24-37-31-22-14-12-16-27(31)25-38-35(41)33(36(3,4)5)39-34(40)30-21-13-15-23-32(30)42(28-17-8-6-9-18-28)29-19-10-7-11-20-29/h6-23,26,33,37H,24-25H2,1-5H3,(H,38,41)(H,39,40)/t33-/m1/s1. The first-order chi connectivity index (χ1) is 20.1. The molecule has 5 nitrogen and oxygen atoms in total. The van der Waals surface area contributed by atoms with Gasteiger partial charge in [-0.3, -0.25) is 9.59 Å². The predicted molar refractivity (Wildman–Crippen MR) is 177 cm³/mol. The Morgan fingerprint density at radius 1 is 0.738 bits per heavy atom. The lowest BCUT2D eigenvalue weighted by atomic mass is 9.86. The summed E-state index contributed by atoms with van der Waals surface area (Å²) < 4.78 is 0.